The van der Waals surface area contributed by atoms with Gasteiger partial charge in [0.2, 0.25) is 5.91 Å². The fraction of sp³-hybridized carbons (Fsp3) is 0.261. The average molecular weight is 442 g/mol. The SMILES string of the molecule is COc1ccc(Cl)cc1C=C1CN(C)C(=O)CN(C(=O)N[C@H](C)c2ccccc2)C1=O. The van der Waals surface area contributed by atoms with Gasteiger partial charge in [-0.15, -0.1) is 0 Å². The van der Waals surface area contributed by atoms with E-state index in [9.17, 15) is 14.4 Å². The zero-order chi connectivity index (χ0) is 22.5. The van der Waals surface area contributed by atoms with Crippen molar-refractivity contribution < 1.29 is 19.1 Å². The van der Waals surface area contributed by atoms with Crippen LogP contribution in [0, 0.1) is 0 Å². The van der Waals surface area contributed by atoms with Crippen molar-refractivity contribution in [3.63, 3.8) is 0 Å². The average Bonchev–Trinajstić information content (AvgIpc) is 2.86. The first-order valence-electron chi connectivity index (χ1n) is 9.75. The van der Waals surface area contributed by atoms with Gasteiger partial charge in [-0.2, -0.15) is 0 Å². The molecule has 0 saturated carbocycles. The highest BCUT2D eigenvalue weighted by atomic mass is 35.5. The lowest BCUT2D eigenvalue weighted by atomic mass is 10.1. The number of hydrogen-bond donors (Lipinski definition) is 1. The van der Waals surface area contributed by atoms with Crippen LogP contribution in [-0.4, -0.2) is 54.9 Å². The van der Waals surface area contributed by atoms with Crippen LogP contribution < -0.4 is 10.1 Å². The molecule has 0 aliphatic carbocycles. The molecule has 1 heterocycles. The summed E-state index contributed by atoms with van der Waals surface area (Å²) in [5, 5.41) is 3.27. The monoisotopic (exact) mass is 441 g/mol. The molecule has 1 N–H and O–H groups in total. The Morgan fingerprint density at radius 3 is 2.55 bits per heavy atom. The van der Waals surface area contributed by atoms with Crippen LogP contribution in [-0.2, 0) is 9.59 Å². The van der Waals surface area contributed by atoms with Crippen LogP contribution in [0.25, 0.3) is 6.08 Å². The van der Waals surface area contributed by atoms with Gasteiger partial charge in [-0.05, 0) is 36.8 Å². The first-order valence-corrected chi connectivity index (χ1v) is 10.1. The third-order valence-corrected chi connectivity index (χ3v) is 5.29. The number of hydrogen-bond acceptors (Lipinski definition) is 4. The number of nitrogens with one attached hydrogen (secondary N) is 1. The number of methoxy groups -OCH3 is 1. The molecule has 0 unspecified atom stereocenters. The quantitative estimate of drug-likeness (QED) is 0.736. The van der Waals surface area contributed by atoms with Crippen molar-refractivity contribution in [2.45, 2.75) is 13.0 Å². The first kappa shape index (κ1) is 22.4. The van der Waals surface area contributed by atoms with Crippen LogP contribution in [0.2, 0.25) is 5.02 Å². The van der Waals surface area contributed by atoms with E-state index in [-0.39, 0.29) is 30.6 Å². The predicted molar refractivity (Wildman–Crippen MR) is 119 cm³/mol. The number of halogens is 1. The maximum absolute atomic E-state index is 13.2. The Kier molecular flexibility index (Phi) is 6.97. The summed E-state index contributed by atoms with van der Waals surface area (Å²) in [4.78, 5) is 41.0. The van der Waals surface area contributed by atoms with Crippen molar-refractivity contribution in [2.24, 2.45) is 0 Å². The molecule has 1 aliphatic heterocycles. The molecule has 1 saturated heterocycles. The molecule has 7 nitrogen and oxygen atoms in total. The first-order chi connectivity index (χ1) is 14.8. The van der Waals surface area contributed by atoms with Gasteiger partial charge in [-0.1, -0.05) is 41.9 Å². The van der Waals surface area contributed by atoms with Gasteiger partial charge >= 0.3 is 6.03 Å². The third-order valence-electron chi connectivity index (χ3n) is 5.05. The van der Waals surface area contributed by atoms with Crippen LogP contribution >= 0.6 is 11.6 Å². The summed E-state index contributed by atoms with van der Waals surface area (Å²) >= 11 is 6.10. The van der Waals surface area contributed by atoms with Crippen molar-refractivity contribution in [1.82, 2.24) is 15.1 Å². The summed E-state index contributed by atoms with van der Waals surface area (Å²) in [5.74, 6) is -0.355. The number of carbonyl (C=O) groups is 3. The summed E-state index contributed by atoms with van der Waals surface area (Å²) in [6, 6.07) is 13.4. The molecular weight excluding hydrogens is 418 g/mol. The Morgan fingerprint density at radius 2 is 1.87 bits per heavy atom. The van der Waals surface area contributed by atoms with E-state index in [2.05, 4.69) is 5.32 Å². The lowest BCUT2D eigenvalue weighted by molar-refractivity contribution is -0.132. The second-order valence-corrected chi connectivity index (χ2v) is 7.72. The zero-order valence-electron chi connectivity index (χ0n) is 17.6. The van der Waals surface area contributed by atoms with E-state index < -0.39 is 11.9 Å². The Labute approximate surface area is 186 Å². The van der Waals surface area contributed by atoms with Gasteiger partial charge in [-0.25, -0.2) is 4.79 Å². The van der Waals surface area contributed by atoms with Crippen molar-refractivity contribution in [3.05, 3.63) is 70.3 Å². The van der Waals surface area contributed by atoms with E-state index in [0.29, 0.717) is 16.3 Å². The molecule has 3 rings (SSSR count). The van der Waals surface area contributed by atoms with Gasteiger partial charge in [0.05, 0.1) is 19.7 Å². The number of urea groups is 1. The van der Waals surface area contributed by atoms with Crippen molar-refractivity contribution in [1.29, 1.82) is 0 Å². The molecule has 0 spiro atoms. The Morgan fingerprint density at radius 1 is 1.16 bits per heavy atom. The van der Waals surface area contributed by atoms with Gasteiger partial charge in [0, 0.05) is 23.2 Å². The highest BCUT2D eigenvalue weighted by molar-refractivity contribution is 6.30. The van der Waals surface area contributed by atoms with Crippen molar-refractivity contribution in [2.75, 3.05) is 27.2 Å². The number of ether oxygens (including phenoxy) is 1. The molecule has 1 fully saturated rings. The number of likely N-dealkylation sites (N-methyl/N-ethyl adjacent to an activating group) is 1. The van der Waals surface area contributed by atoms with E-state index >= 15 is 0 Å². The largest absolute Gasteiger partial charge is 0.496 e. The lowest BCUT2D eigenvalue weighted by Crippen LogP contribution is -2.47. The summed E-state index contributed by atoms with van der Waals surface area (Å²) in [7, 11) is 3.10. The van der Waals surface area contributed by atoms with Gasteiger partial charge in [0.1, 0.15) is 12.3 Å². The Hall–Kier alpha value is -3.32. The number of nitrogens with zero attached hydrogens (tertiary/aromatic N) is 2. The zero-order valence-corrected chi connectivity index (χ0v) is 18.3. The predicted octanol–water partition coefficient (Wildman–Crippen LogP) is 3.50. The number of amides is 4. The molecule has 0 aromatic heterocycles. The van der Waals surface area contributed by atoms with Gasteiger partial charge < -0.3 is 15.0 Å². The second kappa shape index (κ2) is 9.66. The topological polar surface area (TPSA) is 79.0 Å². The summed E-state index contributed by atoms with van der Waals surface area (Å²) in [6.45, 7) is 1.54. The molecule has 0 bridgehead atoms. The van der Waals surface area contributed by atoms with Gasteiger partial charge in [0.15, 0.2) is 0 Å². The molecule has 8 heteroatoms. The van der Waals surface area contributed by atoms with E-state index in [1.54, 1.807) is 31.3 Å². The van der Waals surface area contributed by atoms with Crippen molar-refractivity contribution >= 4 is 35.5 Å². The Balaban J connectivity index is 1.91. The molecule has 0 radical (unpaired) electrons. The highest BCUT2D eigenvalue weighted by Gasteiger charge is 2.33. The highest BCUT2D eigenvalue weighted by Crippen LogP contribution is 2.26. The smallest absolute Gasteiger partial charge is 0.325 e. The molecular formula is C23H24ClN3O4. The molecule has 162 valence electrons. The van der Waals surface area contributed by atoms with Crippen LogP contribution in [0.5, 0.6) is 5.75 Å². The summed E-state index contributed by atoms with van der Waals surface area (Å²) in [5.41, 5.74) is 1.75. The van der Waals surface area contributed by atoms with Crippen molar-refractivity contribution in [3.8, 4) is 5.75 Å². The molecule has 1 aliphatic rings. The fourth-order valence-corrected chi connectivity index (χ4v) is 3.46. The number of rotatable bonds is 4. The number of carbonyl (C=O) groups excluding carboxylic acids is 3. The maximum atomic E-state index is 13.2. The lowest BCUT2D eigenvalue weighted by Gasteiger charge is -2.22. The van der Waals surface area contributed by atoms with Crippen LogP contribution in [0.1, 0.15) is 24.1 Å². The van der Waals surface area contributed by atoms with Crippen LogP contribution in [0.15, 0.2) is 54.1 Å². The minimum absolute atomic E-state index is 0.0609. The normalized spacial score (nSPS) is 16.8. The Bertz CT molecular complexity index is 1020. The van der Waals surface area contributed by atoms with E-state index in [1.807, 2.05) is 37.3 Å². The molecule has 4 amide bonds. The van der Waals surface area contributed by atoms with Gasteiger partial charge in [0.25, 0.3) is 5.91 Å². The minimum Gasteiger partial charge on any atom is -0.496 e. The van der Waals surface area contributed by atoms with E-state index in [1.165, 1.54) is 12.0 Å². The molecule has 2 aromatic rings. The van der Waals surface area contributed by atoms with Crippen LogP contribution in [0.4, 0.5) is 4.79 Å². The molecule has 2 aromatic carbocycles. The minimum atomic E-state index is -0.631. The molecule has 1 atom stereocenters. The van der Waals surface area contributed by atoms with E-state index in [4.69, 9.17) is 16.3 Å². The second-order valence-electron chi connectivity index (χ2n) is 7.28. The third kappa shape index (κ3) is 5.24. The summed E-state index contributed by atoms with van der Waals surface area (Å²) < 4.78 is 5.34. The van der Waals surface area contributed by atoms with E-state index in [0.717, 1.165) is 10.5 Å². The molecule has 31 heavy (non-hydrogen) atoms. The van der Waals surface area contributed by atoms with Crippen LogP contribution in [0.3, 0.4) is 0 Å². The number of imide groups is 1. The maximum Gasteiger partial charge on any atom is 0.325 e. The fourth-order valence-electron chi connectivity index (χ4n) is 3.28. The number of benzene rings is 2. The summed E-state index contributed by atoms with van der Waals surface area (Å²) in [6.07, 6.45) is 1.60. The van der Waals surface area contributed by atoms with Gasteiger partial charge in [-0.3, -0.25) is 14.5 Å². The standard InChI is InChI=1S/C23H24ClN3O4/c1-15(16-7-5-4-6-8-16)25-23(30)27-14-21(28)26(2)13-18(22(27)29)11-17-12-19(24)9-10-20(17)31-3/h4-12,15H,13-14H2,1-3H3,(H,25,30)/t15-/m1/s1.